The lowest BCUT2D eigenvalue weighted by Crippen LogP contribution is -2.24. The van der Waals surface area contributed by atoms with Gasteiger partial charge < -0.3 is 0 Å². The summed E-state index contributed by atoms with van der Waals surface area (Å²) in [7, 11) is 0. The van der Waals surface area contributed by atoms with E-state index in [1.54, 1.807) is 12.3 Å². The van der Waals surface area contributed by atoms with Crippen molar-refractivity contribution in [3.8, 4) is 6.07 Å². The summed E-state index contributed by atoms with van der Waals surface area (Å²) >= 11 is 0. The van der Waals surface area contributed by atoms with Gasteiger partial charge >= 0.3 is 5.69 Å². The van der Waals surface area contributed by atoms with Crippen LogP contribution in [0.1, 0.15) is 11.5 Å². The van der Waals surface area contributed by atoms with Crippen LogP contribution in [0.5, 0.6) is 0 Å². The summed E-state index contributed by atoms with van der Waals surface area (Å²) in [6.07, 6.45) is 3.09. The van der Waals surface area contributed by atoms with E-state index in [9.17, 15) is 4.79 Å². The Morgan fingerprint density at radius 1 is 1.29 bits per heavy atom. The molecule has 1 heterocycles. The maximum absolute atomic E-state index is 11.4. The Balaban J connectivity index is 2.26. The van der Waals surface area contributed by atoms with Gasteiger partial charge in [-0.05, 0) is 11.6 Å². The molecule has 0 saturated carbocycles. The third-order valence-electron chi connectivity index (χ3n) is 2.52. The highest BCUT2D eigenvalue weighted by molar-refractivity contribution is 5.24. The summed E-state index contributed by atoms with van der Waals surface area (Å²) in [6, 6.07) is 13.3. The molecular formula is C13H11N3O. The molecule has 0 bridgehead atoms. The Labute approximate surface area is 98.8 Å². The van der Waals surface area contributed by atoms with E-state index in [1.165, 1.54) is 10.8 Å². The number of rotatable bonds is 3. The van der Waals surface area contributed by atoms with Crippen LogP contribution in [0.15, 0.2) is 53.6 Å². The standard InChI is InChI=1S/C13H11N3O/c14-9-12(11-5-2-1-3-6-11)10-16-8-4-7-15-13(16)17/h1-8,12H,10H2. The second kappa shape index (κ2) is 5.08. The van der Waals surface area contributed by atoms with Gasteiger partial charge in [-0.3, -0.25) is 4.57 Å². The second-order valence-electron chi connectivity index (χ2n) is 3.65. The van der Waals surface area contributed by atoms with E-state index in [-0.39, 0.29) is 11.6 Å². The average molecular weight is 225 g/mol. The molecule has 4 heteroatoms. The highest BCUT2D eigenvalue weighted by atomic mass is 16.1. The second-order valence-corrected chi connectivity index (χ2v) is 3.65. The molecule has 0 aliphatic heterocycles. The van der Waals surface area contributed by atoms with E-state index in [4.69, 9.17) is 5.26 Å². The third-order valence-corrected chi connectivity index (χ3v) is 2.52. The van der Waals surface area contributed by atoms with E-state index in [2.05, 4.69) is 11.1 Å². The van der Waals surface area contributed by atoms with Crippen LogP contribution in [0.2, 0.25) is 0 Å². The first-order chi connectivity index (χ1) is 8.31. The van der Waals surface area contributed by atoms with Crippen LogP contribution in [0.4, 0.5) is 0 Å². The molecule has 1 unspecified atom stereocenters. The number of aromatic nitrogens is 2. The first kappa shape index (κ1) is 11.1. The molecule has 0 aliphatic carbocycles. The van der Waals surface area contributed by atoms with E-state index in [1.807, 2.05) is 30.3 Å². The van der Waals surface area contributed by atoms with E-state index < -0.39 is 0 Å². The van der Waals surface area contributed by atoms with Crippen molar-refractivity contribution in [1.82, 2.24) is 9.55 Å². The minimum absolute atomic E-state index is 0.327. The van der Waals surface area contributed by atoms with Gasteiger partial charge in [-0.1, -0.05) is 30.3 Å². The zero-order valence-electron chi connectivity index (χ0n) is 9.15. The van der Waals surface area contributed by atoms with Crippen molar-refractivity contribution < 1.29 is 0 Å². The Morgan fingerprint density at radius 2 is 2.06 bits per heavy atom. The predicted octanol–water partition coefficient (Wildman–Crippen LogP) is 1.55. The minimum atomic E-state index is -0.335. The van der Waals surface area contributed by atoms with E-state index in [0.29, 0.717) is 6.54 Å². The molecule has 0 amide bonds. The van der Waals surface area contributed by atoms with Crippen molar-refractivity contribution in [3.05, 3.63) is 64.8 Å². The Kier molecular flexibility index (Phi) is 3.31. The predicted molar refractivity (Wildman–Crippen MR) is 63.3 cm³/mol. The lowest BCUT2D eigenvalue weighted by Gasteiger charge is -2.10. The molecule has 17 heavy (non-hydrogen) atoms. The Morgan fingerprint density at radius 3 is 2.71 bits per heavy atom. The number of hydrogen-bond acceptors (Lipinski definition) is 3. The quantitative estimate of drug-likeness (QED) is 0.796. The first-order valence-corrected chi connectivity index (χ1v) is 5.27. The van der Waals surface area contributed by atoms with Crippen LogP contribution < -0.4 is 5.69 Å². The molecule has 1 atom stereocenters. The van der Waals surface area contributed by atoms with Gasteiger partial charge in [0, 0.05) is 18.9 Å². The highest BCUT2D eigenvalue weighted by Crippen LogP contribution is 2.15. The minimum Gasteiger partial charge on any atom is -0.298 e. The van der Waals surface area contributed by atoms with Gasteiger partial charge in [0.2, 0.25) is 0 Å². The normalized spacial score (nSPS) is 11.7. The third kappa shape index (κ3) is 2.58. The van der Waals surface area contributed by atoms with Crippen LogP contribution in [0.3, 0.4) is 0 Å². The number of hydrogen-bond donors (Lipinski definition) is 0. The number of nitrogens with zero attached hydrogens (tertiary/aromatic N) is 3. The number of nitriles is 1. The Hall–Kier alpha value is -2.41. The van der Waals surface area contributed by atoms with Crippen LogP contribution in [-0.4, -0.2) is 9.55 Å². The SMILES string of the molecule is N#CC(Cn1cccnc1=O)c1ccccc1. The molecular weight excluding hydrogens is 214 g/mol. The fraction of sp³-hybridized carbons (Fsp3) is 0.154. The average Bonchev–Trinajstić information content (AvgIpc) is 2.39. The molecule has 1 aromatic heterocycles. The summed E-state index contributed by atoms with van der Waals surface area (Å²) < 4.78 is 1.45. The topological polar surface area (TPSA) is 58.7 Å². The van der Waals surface area contributed by atoms with Crippen LogP contribution in [0, 0.1) is 11.3 Å². The molecule has 0 radical (unpaired) electrons. The molecule has 2 aromatic rings. The fourth-order valence-corrected chi connectivity index (χ4v) is 1.63. The zero-order valence-corrected chi connectivity index (χ0v) is 9.15. The molecule has 4 nitrogen and oxygen atoms in total. The Bertz CT molecular complexity index is 583. The van der Waals surface area contributed by atoms with Crippen molar-refractivity contribution in [1.29, 1.82) is 5.26 Å². The fourth-order valence-electron chi connectivity index (χ4n) is 1.63. The molecule has 0 saturated heterocycles. The van der Waals surface area contributed by atoms with Gasteiger partial charge in [0.25, 0.3) is 0 Å². The summed E-state index contributed by atoms with van der Waals surface area (Å²) in [6.45, 7) is 0.327. The summed E-state index contributed by atoms with van der Waals surface area (Å²) in [5, 5.41) is 9.15. The molecule has 2 rings (SSSR count). The highest BCUT2D eigenvalue weighted by Gasteiger charge is 2.11. The molecule has 0 N–H and O–H groups in total. The molecule has 0 fully saturated rings. The molecule has 84 valence electrons. The maximum Gasteiger partial charge on any atom is 0.347 e. The van der Waals surface area contributed by atoms with Crippen LogP contribution in [-0.2, 0) is 6.54 Å². The van der Waals surface area contributed by atoms with Crippen molar-refractivity contribution in [2.45, 2.75) is 12.5 Å². The van der Waals surface area contributed by atoms with Crippen molar-refractivity contribution in [3.63, 3.8) is 0 Å². The van der Waals surface area contributed by atoms with Crippen molar-refractivity contribution in [2.75, 3.05) is 0 Å². The first-order valence-electron chi connectivity index (χ1n) is 5.27. The maximum atomic E-state index is 11.4. The van der Waals surface area contributed by atoms with Crippen molar-refractivity contribution in [2.24, 2.45) is 0 Å². The lowest BCUT2D eigenvalue weighted by molar-refractivity contribution is 0.608. The van der Waals surface area contributed by atoms with Crippen LogP contribution >= 0.6 is 0 Å². The van der Waals surface area contributed by atoms with Gasteiger partial charge in [-0.25, -0.2) is 9.78 Å². The van der Waals surface area contributed by atoms with E-state index >= 15 is 0 Å². The number of benzene rings is 1. The van der Waals surface area contributed by atoms with E-state index in [0.717, 1.165) is 5.56 Å². The van der Waals surface area contributed by atoms with Gasteiger partial charge in [0.15, 0.2) is 0 Å². The monoisotopic (exact) mass is 225 g/mol. The van der Waals surface area contributed by atoms with Gasteiger partial charge in [0.1, 0.15) is 0 Å². The van der Waals surface area contributed by atoms with Gasteiger partial charge in [-0.15, -0.1) is 0 Å². The largest absolute Gasteiger partial charge is 0.347 e. The van der Waals surface area contributed by atoms with Crippen molar-refractivity contribution >= 4 is 0 Å². The van der Waals surface area contributed by atoms with Crippen LogP contribution in [0.25, 0.3) is 0 Å². The molecule has 1 aromatic carbocycles. The molecule has 0 aliphatic rings. The summed E-state index contributed by atoms with van der Waals surface area (Å²) in [5.74, 6) is -0.335. The lowest BCUT2D eigenvalue weighted by atomic mass is 10.0. The van der Waals surface area contributed by atoms with Gasteiger partial charge in [-0.2, -0.15) is 5.26 Å². The zero-order chi connectivity index (χ0) is 12.1. The summed E-state index contributed by atoms with van der Waals surface area (Å²) in [4.78, 5) is 15.1. The smallest absolute Gasteiger partial charge is 0.298 e. The van der Waals surface area contributed by atoms with Gasteiger partial charge in [0.05, 0.1) is 12.0 Å². The summed E-state index contributed by atoms with van der Waals surface area (Å²) in [5.41, 5.74) is 0.578. The molecule has 0 spiro atoms.